The van der Waals surface area contributed by atoms with Crippen molar-refractivity contribution >= 4 is 11.9 Å². The van der Waals surface area contributed by atoms with E-state index >= 15 is 0 Å². The van der Waals surface area contributed by atoms with E-state index in [9.17, 15) is 30.0 Å². The van der Waals surface area contributed by atoms with Crippen molar-refractivity contribution in [2.45, 2.75) is 49.5 Å². The molecule has 1 amide bonds. The third kappa shape index (κ3) is 3.11. The third-order valence-corrected chi connectivity index (χ3v) is 4.56. The maximum absolute atomic E-state index is 12.0. The quantitative estimate of drug-likeness (QED) is 0.492. The average molecular weight is 355 g/mol. The lowest BCUT2D eigenvalue weighted by Crippen LogP contribution is -2.65. The van der Waals surface area contributed by atoms with Gasteiger partial charge in [-0.1, -0.05) is 0 Å². The van der Waals surface area contributed by atoms with Gasteiger partial charge in [0.05, 0.1) is 12.0 Å². The van der Waals surface area contributed by atoms with Gasteiger partial charge < -0.3 is 34.9 Å². The van der Waals surface area contributed by atoms with Crippen LogP contribution in [0.3, 0.4) is 0 Å². The second-order valence-corrected chi connectivity index (χ2v) is 6.14. The summed E-state index contributed by atoms with van der Waals surface area (Å²) in [5, 5.41) is 41.1. The first kappa shape index (κ1) is 14.1. The molecule has 0 saturated carbocycles. The van der Waals surface area contributed by atoms with E-state index in [0.717, 1.165) is 4.90 Å². The number of pyridine rings is 1. The molecule has 1 aromatic rings. The highest BCUT2D eigenvalue weighted by molar-refractivity contribution is 5.78. The lowest BCUT2D eigenvalue weighted by Gasteiger charge is -2.37. The second-order valence-electron chi connectivity index (χ2n) is 6.14. The number of likely N-dealkylation sites (tertiary alicyclic amines) is 1. The maximum Gasteiger partial charge on any atom is 0.292 e. The molecule has 1 unspecified atom stereocenters. The molecule has 2 aliphatic heterocycles. The van der Waals surface area contributed by atoms with Crippen molar-refractivity contribution in [1.29, 1.82) is 0 Å². The van der Waals surface area contributed by atoms with Gasteiger partial charge >= 0.3 is 0 Å². The van der Waals surface area contributed by atoms with Crippen molar-refractivity contribution in [2.75, 3.05) is 6.98 Å². The number of nitrogens with zero attached hydrogens (tertiary/aromatic N) is 2. The van der Waals surface area contributed by atoms with Crippen LogP contribution in [0.25, 0.3) is 0 Å². The topological polar surface area (TPSA) is 134 Å². The summed E-state index contributed by atoms with van der Waals surface area (Å²) in [7, 11) is 0. The maximum atomic E-state index is 12.0. The molecular weight excluding hydrogens is 332 g/mol. The molecule has 3 N–H and O–H groups in total. The zero-order chi connectivity index (χ0) is 20.8. The second kappa shape index (κ2) is 6.68. The fraction of sp³-hybridized carbons (Fsp3) is 0.562. The molecule has 9 nitrogen and oxygen atoms in total. The number of carboxylic acids is 1. The summed E-state index contributed by atoms with van der Waals surface area (Å²) < 4.78 is 29.2. The van der Waals surface area contributed by atoms with E-state index in [1.54, 1.807) is 6.07 Å². The first-order valence-corrected chi connectivity index (χ1v) is 7.75. The van der Waals surface area contributed by atoms with Crippen LogP contribution in [-0.2, 0) is 14.3 Å². The van der Waals surface area contributed by atoms with Crippen LogP contribution < -0.4 is 9.67 Å². The zero-order valence-electron chi connectivity index (χ0n) is 16.1. The van der Waals surface area contributed by atoms with Crippen LogP contribution >= 0.6 is 0 Å². The number of aliphatic hydroxyl groups excluding tert-OH is 3. The van der Waals surface area contributed by atoms with Crippen LogP contribution in [0, 0.1) is 0 Å². The summed E-state index contributed by atoms with van der Waals surface area (Å²) in [4.78, 5) is 24.0. The van der Waals surface area contributed by atoms with Gasteiger partial charge in [-0.3, -0.25) is 4.79 Å². The minimum Gasteiger partial charge on any atom is -0.547 e. The number of amides is 1. The molecule has 3 heterocycles. The van der Waals surface area contributed by atoms with Gasteiger partial charge in [0.1, 0.15) is 18.3 Å². The number of ether oxygens (including phenoxy) is 1. The number of hydrogen-bond donors (Lipinski definition) is 3. The van der Waals surface area contributed by atoms with Gasteiger partial charge in [0.25, 0.3) is 6.23 Å². The molecule has 0 aliphatic carbocycles. The number of carbonyl (C=O) groups excluding carboxylic acids is 2. The fourth-order valence-corrected chi connectivity index (χ4v) is 3.17. The molecule has 0 aromatic carbocycles. The summed E-state index contributed by atoms with van der Waals surface area (Å²) in [5.41, 5.74) is 0.436. The Kier molecular flexibility index (Phi) is 3.78. The van der Waals surface area contributed by atoms with Gasteiger partial charge in [0.15, 0.2) is 18.5 Å². The molecule has 0 spiro atoms. The van der Waals surface area contributed by atoms with Crippen LogP contribution in [0.1, 0.15) is 34.8 Å². The smallest absolute Gasteiger partial charge is 0.292 e. The summed E-state index contributed by atoms with van der Waals surface area (Å²) in [5.74, 6) is -2.26. The lowest BCUT2D eigenvalue weighted by atomic mass is 9.97. The van der Waals surface area contributed by atoms with Gasteiger partial charge in [0.2, 0.25) is 5.91 Å². The first-order valence-electron chi connectivity index (χ1n) is 9.25. The van der Waals surface area contributed by atoms with Gasteiger partial charge in [-0.05, 0) is 12.5 Å². The summed E-state index contributed by atoms with van der Waals surface area (Å²) in [6.07, 6.45) is -5.41. The van der Waals surface area contributed by atoms with Gasteiger partial charge in [-0.15, -0.1) is 0 Å². The zero-order valence-corrected chi connectivity index (χ0v) is 13.1. The lowest BCUT2D eigenvalue weighted by molar-refractivity contribution is -0.777. The van der Waals surface area contributed by atoms with Crippen molar-refractivity contribution in [2.24, 2.45) is 0 Å². The molecule has 0 radical (unpaired) electrons. The molecule has 2 fully saturated rings. The Labute approximate surface area is 147 Å². The normalized spacial score (nSPS) is 38.1. The Morgan fingerprint density at radius 3 is 2.84 bits per heavy atom. The molecule has 6 atom stereocenters. The van der Waals surface area contributed by atoms with E-state index in [0.29, 0.717) is 5.56 Å². The largest absolute Gasteiger partial charge is 0.547 e. The molecule has 0 bridgehead atoms. The predicted octanol–water partition coefficient (Wildman–Crippen LogP) is -3.00. The minimum atomic E-state index is -2.62. The fourth-order valence-electron chi connectivity index (χ4n) is 3.17. The van der Waals surface area contributed by atoms with Crippen LogP contribution in [-0.4, -0.2) is 63.5 Å². The average Bonchev–Trinajstić information content (AvgIpc) is 3.01. The van der Waals surface area contributed by atoms with Crippen molar-refractivity contribution < 1.29 is 43.4 Å². The molecule has 25 heavy (non-hydrogen) atoms. The first-order chi connectivity index (χ1) is 13.0. The van der Waals surface area contributed by atoms with Gasteiger partial charge in [-0.25, -0.2) is 0 Å². The van der Waals surface area contributed by atoms with Crippen molar-refractivity contribution in [1.82, 2.24) is 4.90 Å². The van der Waals surface area contributed by atoms with Gasteiger partial charge in [-0.2, -0.15) is 4.57 Å². The highest BCUT2D eigenvalue weighted by Gasteiger charge is 2.49. The number of rotatable bonds is 3. The third-order valence-electron chi connectivity index (χ3n) is 4.56. The molecule has 2 aliphatic rings. The Balaban J connectivity index is 1.93. The van der Waals surface area contributed by atoms with Crippen molar-refractivity contribution in [3.63, 3.8) is 0 Å². The van der Waals surface area contributed by atoms with E-state index in [2.05, 4.69) is 0 Å². The summed E-state index contributed by atoms with van der Waals surface area (Å²) in [6, 6.07) is 2.37. The van der Waals surface area contributed by atoms with Crippen molar-refractivity contribution in [3.05, 3.63) is 30.1 Å². The SMILES string of the molecule is [2H]C([2H])([2H])N1C(=O)CCC1c1ccc[n+]([C@@H]2O[C@H](C(=O)[O-])[C@@H](O)[C@H](O)[C@H]2O)c1. The Bertz CT molecular complexity index is 775. The van der Waals surface area contributed by atoms with Crippen LogP contribution in [0.5, 0.6) is 0 Å². The van der Waals surface area contributed by atoms with E-state index in [4.69, 9.17) is 8.85 Å². The van der Waals surface area contributed by atoms with E-state index in [1.807, 2.05) is 0 Å². The minimum absolute atomic E-state index is 0.0676. The van der Waals surface area contributed by atoms with E-state index in [-0.39, 0.29) is 12.8 Å². The van der Waals surface area contributed by atoms with Crippen LogP contribution in [0.4, 0.5) is 0 Å². The molecular formula is C16H20N2O7. The molecule has 3 rings (SSSR count). The standard InChI is InChI=1S/C16H20N2O7/c1-17-9(4-5-10(17)19)8-3-2-6-18(7-8)15-13(22)11(20)12(21)14(25-15)16(23)24/h2-3,6-7,9,11-15,20-22H,4-5H2,1H3/t9?,11-,12-,13+,14-,15+/m0/s1/i1D3. The molecule has 136 valence electrons. The Hall–Kier alpha value is -2.07. The number of aromatic nitrogens is 1. The highest BCUT2D eigenvalue weighted by Crippen LogP contribution is 2.31. The summed E-state index contributed by atoms with van der Waals surface area (Å²) in [6.45, 7) is -2.62. The highest BCUT2D eigenvalue weighted by atomic mass is 16.6. The number of hydrogen-bond acceptors (Lipinski definition) is 7. The van der Waals surface area contributed by atoms with Crippen molar-refractivity contribution in [3.8, 4) is 0 Å². The summed E-state index contributed by atoms with van der Waals surface area (Å²) >= 11 is 0. The molecule has 9 heteroatoms. The van der Waals surface area contributed by atoms with E-state index in [1.165, 1.54) is 23.0 Å². The monoisotopic (exact) mass is 355 g/mol. The molecule has 1 aromatic heterocycles. The number of aliphatic hydroxyl groups is 3. The Morgan fingerprint density at radius 2 is 2.16 bits per heavy atom. The van der Waals surface area contributed by atoms with Gasteiger partial charge in [0, 0.05) is 29.1 Å². The number of carboxylic acid groups (broad SMARTS) is 1. The van der Waals surface area contributed by atoms with E-state index < -0.39 is 55.5 Å². The predicted molar refractivity (Wildman–Crippen MR) is 78.3 cm³/mol. The van der Waals surface area contributed by atoms with Crippen LogP contribution in [0.15, 0.2) is 24.5 Å². The number of aliphatic carboxylic acids is 1. The van der Waals surface area contributed by atoms with Crippen LogP contribution in [0.2, 0.25) is 0 Å². The Morgan fingerprint density at radius 1 is 1.40 bits per heavy atom. The number of carbonyl (C=O) groups is 2. The molecule has 2 saturated heterocycles.